The van der Waals surface area contributed by atoms with Gasteiger partial charge in [0.05, 0.1) is 17.1 Å². The first-order chi connectivity index (χ1) is 7.67. The Bertz CT molecular complexity index is 714. The number of hydrogen-bond acceptors (Lipinski definition) is 3. The van der Waals surface area contributed by atoms with Crippen LogP contribution in [-0.4, -0.2) is 4.57 Å². The summed E-state index contributed by atoms with van der Waals surface area (Å²) in [5.41, 5.74) is 0.989. The van der Waals surface area contributed by atoms with E-state index in [0.29, 0.717) is 11.1 Å². The average Bonchev–Trinajstić information content (AvgIpc) is 2.33. The Hall–Kier alpha value is -2.59. The Balaban J connectivity index is 2.96. The highest BCUT2D eigenvalue weighted by Gasteiger charge is 2.06. The van der Waals surface area contributed by atoms with Crippen molar-refractivity contribution in [1.82, 2.24) is 4.57 Å². The molecule has 0 fully saturated rings. The molecule has 0 N–H and O–H groups in total. The summed E-state index contributed by atoms with van der Waals surface area (Å²) in [6, 6.07) is 10.4. The molecule has 0 aliphatic rings. The maximum absolute atomic E-state index is 11.6. The average molecular weight is 209 g/mol. The normalized spacial score (nSPS) is 9.69. The van der Waals surface area contributed by atoms with Crippen molar-refractivity contribution in [3.63, 3.8) is 0 Å². The summed E-state index contributed by atoms with van der Waals surface area (Å²) in [4.78, 5) is 11.6. The number of aryl methyl sites for hydroxylation is 1. The van der Waals surface area contributed by atoms with Gasteiger partial charge in [-0.15, -0.1) is 0 Å². The zero-order valence-electron chi connectivity index (χ0n) is 8.56. The second-order valence-corrected chi connectivity index (χ2v) is 3.42. The van der Waals surface area contributed by atoms with Crippen molar-refractivity contribution in [3.05, 3.63) is 45.7 Å². The third kappa shape index (κ3) is 1.34. The lowest BCUT2D eigenvalue weighted by Crippen LogP contribution is -2.19. The molecule has 0 unspecified atom stereocenters. The van der Waals surface area contributed by atoms with Crippen molar-refractivity contribution >= 4 is 10.9 Å². The van der Waals surface area contributed by atoms with E-state index in [4.69, 9.17) is 10.5 Å². The number of nitrogens with zero attached hydrogens (tertiary/aromatic N) is 3. The molecule has 0 saturated heterocycles. The molecule has 0 amide bonds. The van der Waals surface area contributed by atoms with Crippen LogP contribution in [0.25, 0.3) is 10.9 Å². The molecule has 0 saturated carbocycles. The van der Waals surface area contributed by atoms with E-state index in [1.165, 1.54) is 10.6 Å². The molecule has 1 aromatic heterocycles. The summed E-state index contributed by atoms with van der Waals surface area (Å²) in [5, 5.41) is 18.3. The molecule has 0 radical (unpaired) electrons. The summed E-state index contributed by atoms with van der Waals surface area (Å²) < 4.78 is 1.41. The van der Waals surface area contributed by atoms with E-state index >= 15 is 0 Å². The fourth-order valence-electron chi connectivity index (χ4n) is 1.63. The van der Waals surface area contributed by atoms with Crippen molar-refractivity contribution < 1.29 is 0 Å². The van der Waals surface area contributed by atoms with Crippen LogP contribution in [0.4, 0.5) is 0 Å². The van der Waals surface area contributed by atoms with Crippen molar-refractivity contribution in [2.45, 2.75) is 0 Å². The molecule has 1 aromatic carbocycles. The Morgan fingerprint density at radius 1 is 1.19 bits per heavy atom. The number of rotatable bonds is 0. The van der Waals surface area contributed by atoms with Gasteiger partial charge in [-0.2, -0.15) is 10.5 Å². The highest BCUT2D eigenvalue weighted by Crippen LogP contribution is 2.14. The molecular weight excluding hydrogens is 202 g/mol. The zero-order chi connectivity index (χ0) is 11.7. The number of nitriles is 2. The molecule has 2 rings (SSSR count). The second kappa shape index (κ2) is 3.52. The van der Waals surface area contributed by atoms with Gasteiger partial charge < -0.3 is 4.57 Å². The number of pyridine rings is 1. The topological polar surface area (TPSA) is 69.6 Å². The Morgan fingerprint density at radius 3 is 2.56 bits per heavy atom. The molecule has 0 aliphatic heterocycles. The highest BCUT2D eigenvalue weighted by atomic mass is 16.1. The van der Waals surface area contributed by atoms with E-state index < -0.39 is 0 Å². The Kier molecular flexibility index (Phi) is 2.19. The molecular formula is C12H7N3O. The number of aromatic nitrogens is 1. The van der Waals surface area contributed by atoms with E-state index in [9.17, 15) is 4.79 Å². The molecule has 0 aliphatic carbocycles. The minimum atomic E-state index is -0.320. The standard InChI is InChI=1S/C12H7N3O/c1-15-11-3-2-8(6-13)4-9(11)5-10(7-14)12(15)16/h2-5H,1H3. The molecule has 4 heteroatoms. The summed E-state index contributed by atoms with van der Waals surface area (Å²) >= 11 is 0. The summed E-state index contributed by atoms with van der Waals surface area (Å²) in [5.74, 6) is 0. The third-order valence-corrected chi connectivity index (χ3v) is 2.47. The number of hydrogen-bond donors (Lipinski definition) is 0. The van der Waals surface area contributed by atoms with Crippen molar-refractivity contribution in [3.8, 4) is 12.1 Å². The number of benzene rings is 1. The monoisotopic (exact) mass is 209 g/mol. The molecule has 16 heavy (non-hydrogen) atoms. The minimum absolute atomic E-state index is 0.0880. The van der Waals surface area contributed by atoms with Crippen LogP contribution in [-0.2, 0) is 7.05 Å². The second-order valence-electron chi connectivity index (χ2n) is 3.42. The zero-order valence-corrected chi connectivity index (χ0v) is 8.56. The number of fused-ring (bicyclic) bond motifs is 1. The van der Waals surface area contributed by atoms with Crippen LogP contribution in [0.2, 0.25) is 0 Å². The van der Waals surface area contributed by atoms with Crippen LogP contribution < -0.4 is 5.56 Å². The van der Waals surface area contributed by atoms with Crippen LogP contribution in [0.1, 0.15) is 11.1 Å². The van der Waals surface area contributed by atoms with E-state index in [2.05, 4.69) is 0 Å². The lowest BCUT2D eigenvalue weighted by Gasteiger charge is -2.05. The summed E-state index contributed by atoms with van der Waals surface area (Å²) in [6.45, 7) is 0. The van der Waals surface area contributed by atoms with E-state index in [1.54, 1.807) is 25.2 Å². The van der Waals surface area contributed by atoms with E-state index in [1.807, 2.05) is 12.1 Å². The fraction of sp³-hybridized carbons (Fsp3) is 0.0833. The molecule has 0 atom stereocenters. The Morgan fingerprint density at radius 2 is 1.94 bits per heavy atom. The summed E-state index contributed by atoms with van der Waals surface area (Å²) in [7, 11) is 1.61. The van der Waals surface area contributed by atoms with E-state index in [0.717, 1.165) is 5.39 Å². The van der Waals surface area contributed by atoms with Crippen molar-refractivity contribution in [2.24, 2.45) is 7.05 Å². The quantitative estimate of drug-likeness (QED) is 0.656. The first-order valence-electron chi connectivity index (χ1n) is 4.61. The lowest BCUT2D eigenvalue weighted by molar-refractivity contribution is 0.901. The van der Waals surface area contributed by atoms with Gasteiger partial charge in [-0.25, -0.2) is 0 Å². The first-order valence-corrected chi connectivity index (χ1v) is 4.61. The van der Waals surface area contributed by atoms with E-state index in [-0.39, 0.29) is 11.1 Å². The van der Waals surface area contributed by atoms with Gasteiger partial charge >= 0.3 is 0 Å². The van der Waals surface area contributed by atoms with Crippen LogP contribution in [0.5, 0.6) is 0 Å². The van der Waals surface area contributed by atoms with Gasteiger partial charge in [0, 0.05) is 12.4 Å². The molecule has 1 heterocycles. The Labute approximate surface area is 91.6 Å². The van der Waals surface area contributed by atoms with Gasteiger partial charge in [0.25, 0.3) is 5.56 Å². The predicted molar refractivity (Wildman–Crippen MR) is 58.6 cm³/mol. The van der Waals surface area contributed by atoms with Gasteiger partial charge in [0.15, 0.2) is 0 Å². The van der Waals surface area contributed by atoms with Crippen LogP contribution in [0, 0.1) is 22.7 Å². The smallest absolute Gasteiger partial charge is 0.268 e. The van der Waals surface area contributed by atoms with Gasteiger partial charge in [-0.3, -0.25) is 4.79 Å². The highest BCUT2D eigenvalue weighted by molar-refractivity contribution is 5.81. The predicted octanol–water partition coefficient (Wildman–Crippen LogP) is 1.28. The molecule has 76 valence electrons. The molecule has 2 aromatic rings. The molecule has 0 spiro atoms. The third-order valence-electron chi connectivity index (χ3n) is 2.47. The molecule has 0 bridgehead atoms. The SMILES string of the molecule is Cn1c(=O)c(C#N)cc2cc(C#N)ccc21. The van der Waals surface area contributed by atoms with Gasteiger partial charge in [-0.05, 0) is 24.3 Å². The fourth-order valence-corrected chi connectivity index (χ4v) is 1.63. The van der Waals surface area contributed by atoms with Crippen LogP contribution in [0.3, 0.4) is 0 Å². The van der Waals surface area contributed by atoms with Crippen molar-refractivity contribution in [2.75, 3.05) is 0 Å². The maximum Gasteiger partial charge on any atom is 0.268 e. The first kappa shape index (κ1) is 9.95. The van der Waals surface area contributed by atoms with Crippen LogP contribution >= 0.6 is 0 Å². The van der Waals surface area contributed by atoms with Gasteiger partial charge in [-0.1, -0.05) is 0 Å². The minimum Gasteiger partial charge on any atom is -0.310 e. The van der Waals surface area contributed by atoms with Gasteiger partial charge in [0.2, 0.25) is 0 Å². The van der Waals surface area contributed by atoms with Gasteiger partial charge in [0.1, 0.15) is 11.6 Å². The molecule has 4 nitrogen and oxygen atoms in total. The lowest BCUT2D eigenvalue weighted by atomic mass is 10.1. The van der Waals surface area contributed by atoms with Crippen molar-refractivity contribution in [1.29, 1.82) is 10.5 Å². The largest absolute Gasteiger partial charge is 0.310 e. The van der Waals surface area contributed by atoms with Crippen LogP contribution in [0.15, 0.2) is 29.1 Å². The summed E-state index contributed by atoms with van der Waals surface area (Å²) in [6.07, 6.45) is 0. The maximum atomic E-state index is 11.6.